The van der Waals surface area contributed by atoms with Gasteiger partial charge in [0.15, 0.2) is 0 Å². The molecule has 0 aliphatic carbocycles. The molecule has 0 saturated carbocycles. The number of hydrogen-bond donors (Lipinski definition) is 2. The average Bonchev–Trinajstić information content (AvgIpc) is 2.71. The highest BCUT2D eigenvalue weighted by Gasteiger charge is 2.21. The van der Waals surface area contributed by atoms with Crippen LogP contribution in [0.1, 0.15) is 47.8 Å². The lowest BCUT2D eigenvalue weighted by Crippen LogP contribution is -2.39. The first-order valence-corrected chi connectivity index (χ1v) is 9.73. The quantitative estimate of drug-likeness (QED) is 0.360. The van der Waals surface area contributed by atoms with Crippen LogP contribution in [0.3, 0.4) is 0 Å². The first-order valence-electron chi connectivity index (χ1n) is 9.73. The summed E-state index contributed by atoms with van der Waals surface area (Å²) in [6.07, 6.45) is -0.345. The molecule has 0 aliphatic rings. The SMILES string of the molecule is Cc1ccc(C(CC(=O)OC(C)C)NC(=O)CNC(=O)c2cccc([N+](=O)[O-])c2)cc1. The lowest BCUT2D eigenvalue weighted by molar-refractivity contribution is -0.384. The van der Waals surface area contributed by atoms with Gasteiger partial charge in [-0.1, -0.05) is 35.9 Å². The number of nitrogens with zero attached hydrogens (tertiary/aromatic N) is 1. The minimum absolute atomic E-state index is 0.0637. The fourth-order valence-electron chi connectivity index (χ4n) is 2.80. The summed E-state index contributed by atoms with van der Waals surface area (Å²) in [4.78, 5) is 47.0. The van der Waals surface area contributed by atoms with Crippen molar-refractivity contribution < 1.29 is 24.0 Å². The number of nitro groups is 1. The second kappa shape index (κ2) is 10.9. The van der Waals surface area contributed by atoms with E-state index in [0.29, 0.717) is 0 Å². The Morgan fingerprint density at radius 1 is 1.10 bits per heavy atom. The summed E-state index contributed by atoms with van der Waals surface area (Å²) in [6.45, 7) is 5.04. The molecule has 0 radical (unpaired) electrons. The van der Waals surface area contributed by atoms with Crippen molar-refractivity contribution in [3.8, 4) is 0 Å². The standard InChI is InChI=1S/C22H25N3O6/c1-14(2)31-21(27)12-19(16-9-7-15(3)8-10-16)24-20(26)13-23-22(28)17-5-4-6-18(11-17)25(29)30/h4-11,14,19H,12-13H2,1-3H3,(H,23,28)(H,24,26). The Balaban J connectivity index is 2.03. The topological polar surface area (TPSA) is 128 Å². The average molecular weight is 427 g/mol. The van der Waals surface area contributed by atoms with Gasteiger partial charge >= 0.3 is 5.97 Å². The molecule has 31 heavy (non-hydrogen) atoms. The lowest BCUT2D eigenvalue weighted by Gasteiger charge is -2.20. The Bertz CT molecular complexity index is 956. The predicted molar refractivity (Wildman–Crippen MR) is 113 cm³/mol. The van der Waals surface area contributed by atoms with Crippen LogP contribution in [-0.4, -0.2) is 35.4 Å². The highest BCUT2D eigenvalue weighted by Crippen LogP contribution is 2.19. The van der Waals surface area contributed by atoms with Crippen LogP contribution in [0.25, 0.3) is 0 Å². The molecule has 0 spiro atoms. The zero-order valence-electron chi connectivity index (χ0n) is 17.6. The molecule has 1 atom stereocenters. The first-order chi connectivity index (χ1) is 14.7. The van der Waals surface area contributed by atoms with Gasteiger partial charge < -0.3 is 15.4 Å². The van der Waals surface area contributed by atoms with E-state index >= 15 is 0 Å². The van der Waals surface area contributed by atoms with Crippen molar-refractivity contribution in [3.05, 3.63) is 75.3 Å². The van der Waals surface area contributed by atoms with Gasteiger partial charge in [0.25, 0.3) is 11.6 Å². The number of esters is 1. The molecular formula is C22H25N3O6. The van der Waals surface area contributed by atoms with E-state index in [4.69, 9.17) is 4.74 Å². The summed E-state index contributed by atoms with van der Waals surface area (Å²) in [6, 6.07) is 11.9. The molecule has 0 aromatic heterocycles. The molecule has 2 rings (SSSR count). The van der Waals surface area contributed by atoms with Crippen molar-refractivity contribution in [1.82, 2.24) is 10.6 Å². The number of hydrogen-bond acceptors (Lipinski definition) is 6. The number of rotatable bonds is 9. The molecule has 2 aromatic carbocycles. The van der Waals surface area contributed by atoms with Crippen molar-refractivity contribution >= 4 is 23.5 Å². The zero-order chi connectivity index (χ0) is 23.0. The van der Waals surface area contributed by atoms with Gasteiger partial charge in [-0.05, 0) is 32.4 Å². The fraction of sp³-hybridized carbons (Fsp3) is 0.318. The van der Waals surface area contributed by atoms with Crippen LogP contribution in [0.5, 0.6) is 0 Å². The van der Waals surface area contributed by atoms with Crippen LogP contribution in [-0.2, 0) is 14.3 Å². The molecule has 0 saturated heterocycles. The summed E-state index contributed by atoms with van der Waals surface area (Å²) in [5, 5.41) is 16.0. The van der Waals surface area contributed by atoms with Crippen LogP contribution in [0.4, 0.5) is 5.69 Å². The van der Waals surface area contributed by atoms with Gasteiger partial charge in [-0.2, -0.15) is 0 Å². The second-order valence-electron chi connectivity index (χ2n) is 7.26. The van der Waals surface area contributed by atoms with Crippen molar-refractivity contribution in [2.24, 2.45) is 0 Å². The number of ether oxygens (including phenoxy) is 1. The molecular weight excluding hydrogens is 402 g/mol. The summed E-state index contributed by atoms with van der Waals surface area (Å²) >= 11 is 0. The highest BCUT2D eigenvalue weighted by atomic mass is 16.6. The molecule has 0 bridgehead atoms. The molecule has 0 aliphatic heterocycles. The Morgan fingerprint density at radius 3 is 2.39 bits per heavy atom. The molecule has 9 heteroatoms. The Morgan fingerprint density at radius 2 is 1.77 bits per heavy atom. The van der Waals surface area contributed by atoms with E-state index in [0.717, 1.165) is 17.2 Å². The number of nitro benzene ring substituents is 1. The third-order valence-corrected chi connectivity index (χ3v) is 4.28. The van der Waals surface area contributed by atoms with E-state index < -0.39 is 28.7 Å². The monoisotopic (exact) mass is 427 g/mol. The Labute approximate surface area is 179 Å². The van der Waals surface area contributed by atoms with Crippen molar-refractivity contribution in [3.63, 3.8) is 0 Å². The molecule has 2 N–H and O–H groups in total. The van der Waals surface area contributed by atoms with Gasteiger partial charge in [0.05, 0.1) is 30.0 Å². The van der Waals surface area contributed by atoms with E-state index in [1.807, 2.05) is 31.2 Å². The molecule has 1 unspecified atom stereocenters. The fourth-order valence-corrected chi connectivity index (χ4v) is 2.80. The lowest BCUT2D eigenvalue weighted by atomic mass is 10.0. The number of benzene rings is 2. The zero-order valence-corrected chi connectivity index (χ0v) is 17.6. The predicted octanol–water partition coefficient (Wildman–Crippen LogP) is 2.83. The molecule has 2 amide bonds. The van der Waals surface area contributed by atoms with Crippen LogP contribution in [0.2, 0.25) is 0 Å². The van der Waals surface area contributed by atoms with Crippen LogP contribution in [0.15, 0.2) is 48.5 Å². The molecule has 0 heterocycles. The Kier molecular flexibility index (Phi) is 8.25. The van der Waals surface area contributed by atoms with E-state index in [-0.39, 0.29) is 30.3 Å². The van der Waals surface area contributed by atoms with E-state index in [1.165, 1.54) is 18.2 Å². The van der Waals surface area contributed by atoms with Gasteiger partial charge in [-0.15, -0.1) is 0 Å². The van der Waals surface area contributed by atoms with Gasteiger partial charge in [0, 0.05) is 17.7 Å². The summed E-state index contributed by atoms with van der Waals surface area (Å²) in [5.74, 6) is -1.59. The summed E-state index contributed by atoms with van der Waals surface area (Å²) < 4.78 is 5.18. The van der Waals surface area contributed by atoms with Crippen molar-refractivity contribution in [2.45, 2.75) is 39.3 Å². The number of carbonyl (C=O) groups excluding carboxylic acids is 3. The van der Waals surface area contributed by atoms with Gasteiger partial charge in [-0.3, -0.25) is 24.5 Å². The third kappa shape index (κ3) is 7.54. The maximum Gasteiger partial charge on any atom is 0.308 e. The minimum Gasteiger partial charge on any atom is -0.463 e. The van der Waals surface area contributed by atoms with Crippen LogP contribution < -0.4 is 10.6 Å². The molecule has 9 nitrogen and oxygen atoms in total. The summed E-state index contributed by atoms with van der Waals surface area (Å²) in [7, 11) is 0. The molecule has 0 fully saturated rings. The van der Waals surface area contributed by atoms with Gasteiger partial charge in [0.2, 0.25) is 5.91 Å². The van der Waals surface area contributed by atoms with Crippen LogP contribution >= 0.6 is 0 Å². The van der Waals surface area contributed by atoms with E-state index in [1.54, 1.807) is 13.8 Å². The normalized spacial score (nSPS) is 11.5. The largest absolute Gasteiger partial charge is 0.463 e. The molecule has 164 valence electrons. The Hall–Kier alpha value is -3.75. The third-order valence-electron chi connectivity index (χ3n) is 4.28. The van der Waals surface area contributed by atoms with Crippen molar-refractivity contribution in [2.75, 3.05) is 6.54 Å². The number of non-ortho nitro benzene ring substituents is 1. The van der Waals surface area contributed by atoms with Gasteiger partial charge in [-0.25, -0.2) is 0 Å². The summed E-state index contributed by atoms with van der Waals surface area (Å²) in [5.41, 5.74) is 1.60. The first kappa shape index (κ1) is 23.5. The maximum atomic E-state index is 12.4. The van der Waals surface area contributed by atoms with Crippen molar-refractivity contribution in [1.29, 1.82) is 0 Å². The number of carbonyl (C=O) groups is 3. The highest BCUT2D eigenvalue weighted by molar-refractivity contribution is 5.97. The number of aryl methyl sites for hydroxylation is 1. The van der Waals surface area contributed by atoms with Gasteiger partial charge in [0.1, 0.15) is 0 Å². The molecule has 2 aromatic rings. The smallest absolute Gasteiger partial charge is 0.308 e. The number of nitrogens with one attached hydrogen (secondary N) is 2. The maximum absolute atomic E-state index is 12.4. The minimum atomic E-state index is -0.630. The number of amides is 2. The van der Waals surface area contributed by atoms with Crippen LogP contribution in [0, 0.1) is 17.0 Å². The van der Waals surface area contributed by atoms with E-state index in [2.05, 4.69) is 10.6 Å². The second-order valence-corrected chi connectivity index (χ2v) is 7.26. The van der Waals surface area contributed by atoms with E-state index in [9.17, 15) is 24.5 Å².